The molecule has 4 heteroatoms. The van der Waals surface area contributed by atoms with Crippen LogP contribution in [0.15, 0.2) is 30.3 Å². The number of carbonyl (C=O) groups is 1. The van der Waals surface area contributed by atoms with Gasteiger partial charge in [-0.3, -0.25) is 4.90 Å². The maximum Gasteiger partial charge on any atom is 0.412 e. The second kappa shape index (κ2) is 3.22. The Morgan fingerprint density at radius 1 is 1.25 bits per heavy atom. The minimum absolute atomic E-state index is 0.517. The first-order valence-electron chi connectivity index (χ1n) is 5.14. The fraction of sp³-hybridized carbons (Fsp3) is 0.417. The molecule has 1 aromatic rings. The van der Waals surface area contributed by atoms with Crippen LogP contribution < -0.4 is 0 Å². The maximum absolute atomic E-state index is 11.5. The molecule has 0 spiro atoms. The highest BCUT2D eigenvalue weighted by atomic mass is 16.6. The summed E-state index contributed by atoms with van der Waals surface area (Å²) in [6.07, 6.45) is -0.517. The van der Waals surface area contributed by atoms with E-state index in [4.69, 9.17) is 4.74 Å². The first-order chi connectivity index (χ1) is 7.39. The molecule has 1 saturated heterocycles. The van der Waals surface area contributed by atoms with Crippen LogP contribution in [0.1, 0.15) is 19.4 Å². The van der Waals surface area contributed by atoms with Crippen molar-refractivity contribution in [1.29, 1.82) is 0 Å². The first kappa shape index (κ1) is 11.0. The third-order valence-electron chi connectivity index (χ3n) is 3.45. The highest BCUT2D eigenvalue weighted by Crippen LogP contribution is 2.43. The van der Waals surface area contributed by atoms with Crippen LogP contribution in [0.2, 0.25) is 0 Å². The van der Waals surface area contributed by atoms with Gasteiger partial charge in [0.1, 0.15) is 0 Å². The van der Waals surface area contributed by atoms with Gasteiger partial charge in [-0.15, -0.1) is 0 Å². The molecule has 86 valence electrons. The van der Waals surface area contributed by atoms with E-state index < -0.39 is 17.4 Å². The van der Waals surface area contributed by atoms with Crippen molar-refractivity contribution in [2.24, 2.45) is 0 Å². The monoisotopic (exact) mass is 221 g/mol. The largest absolute Gasteiger partial charge is 0.433 e. The van der Waals surface area contributed by atoms with Crippen molar-refractivity contribution in [2.75, 3.05) is 7.05 Å². The van der Waals surface area contributed by atoms with E-state index in [0.29, 0.717) is 0 Å². The van der Waals surface area contributed by atoms with Crippen molar-refractivity contribution in [2.45, 2.75) is 25.2 Å². The molecular formula is C12H15NO3. The van der Waals surface area contributed by atoms with Crippen LogP contribution in [0.5, 0.6) is 0 Å². The molecule has 0 unspecified atom stereocenters. The summed E-state index contributed by atoms with van der Waals surface area (Å²) in [5.41, 5.74) is -1.62. The zero-order chi connectivity index (χ0) is 12.0. The summed E-state index contributed by atoms with van der Waals surface area (Å²) in [6.45, 7) is 3.29. The Kier molecular flexibility index (Phi) is 2.20. The van der Waals surface area contributed by atoms with Gasteiger partial charge < -0.3 is 9.84 Å². The second-order valence-corrected chi connectivity index (χ2v) is 4.35. The van der Waals surface area contributed by atoms with Crippen molar-refractivity contribution in [3.05, 3.63) is 35.9 Å². The Balaban J connectivity index is 2.51. The average molecular weight is 221 g/mol. The molecule has 4 nitrogen and oxygen atoms in total. The second-order valence-electron chi connectivity index (χ2n) is 4.35. The molecule has 0 bridgehead atoms. The highest BCUT2D eigenvalue weighted by Gasteiger charge is 2.58. The number of hydrogen-bond donors (Lipinski definition) is 1. The molecular weight excluding hydrogens is 206 g/mol. The van der Waals surface area contributed by atoms with Crippen LogP contribution in [0.25, 0.3) is 0 Å². The normalized spacial score (nSPS) is 34.0. The van der Waals surface area contributed by atoms with Crippen LogP contribution in [-0.4, -0.2) is 28.9 Å². The Labute approximate surface area is 94.4 Å². The lowest BCUT2D eigenvalue weighted by molar-refractivity contribution is -0.135. The van der Waals surface area contributed by atoms with Gasteiger partial charge in [0.15, 0.2) is 11.3 Å². The van der Waals surface area contributed by atoms with Gasteiger partial charge in [-0.25, -0.2) is 4.79 Å². The number of likely N-dealkylation sites (N-methyl/N-ethyl adjacent to an activating group) is 1. The van der Waals surface area contributed by atoms with E-state index in [0.717, 1.165) is 5.56 Å². The molecule has 1 aliphatic rings. The smallest absolute Gasteiger partial charge is 0.412 e. The molecule has 1 amide bonds. The minimum Gasteiger partial charge on any atom is -0.433 e. The fourth-order valence-electron chi connectivity index (χ4n) is 1.93. The fourth-order valence-corrected chi connectivity index (χ4v) is 1.93. The number of cyclic esters (lactones) is 1. The molecule has 1 heterocycles. The number of benzene rings is 1. The summed E-state index contributed by atoms with van der Waals surface area (Å²) in [5.74, 6) is 0. The molecule has 2 atom stereocenters. The number of amides is 1. The van der Waals surface area contributed by atoms with Crippen molar-refractivity contribution in [3.63, 3.8) is 0 Å². The van der Waals surface area contributed by atoms with Gasteiger partial charge in [0.05, 0.1) is 0 Å². The number of ether oxygens (including phenoxy) is 1. The van der Waals surface area contributed by atoms with Crippen molar-refractivity contribution < 1.29 is 14.6 Å². The summed E-state index contributed by atoms with van der Waals surface area (Å²) in [6, 6.07) is 9.25. The van der Waals surface area contributed by atoms with E-state index in [2.05, 4.69) is 0 Å². The van der Waals surface area contributed by atoms with Gasteiger partial charge in [-0.2, -0.15) is 0 Å². The Morgan fingerprint density at radius 3 is 2.25 bits per heavy atom. The summed E-state index contributed by atoms with van der Waals surface area (Å²) >= 11 is 0. The van der Waals surface area contributed by atoms with E-state index in [1.165, 1.54) is 11.9 Å². The van der Waals surface area contributed by atoms with Crippen LogP contribution in [0.4, 0.5) is 4.79 Å². The van der Waals surface area contributed by atoms with Gasteiger partial charge in [-0.05, 0) is 13.8 Å². The predicted octanol–water partition coefficient (Wildman–Crippen LogP) is 1.69. The summed E-state index contributed by atoms with van der Waals surface area (Å²) in [5, 5.41) is 10.4. The summed E-state index contributed by atoms with van der Waals surface area (Å²) in [4.78, 5) is 12.7. The lowest BCUT2D eigenvalue weighted by Gasteiger charge is -2.36. The molecule has 1 aromatic carbocycles. The third kappa shape index (κ3) is 1.23. The number of hydrogen-bond acceptors (Lipinski definition) is 3. The number of rotatable bonds is 1. The van der Waals surface area contributed by atoms with Crippen LogP contribution in [0.3, 0.4) is 0 Å². The topological polar surface area (TPSA) is 49.8 Å². The third-order valence-corrected chi connectivity index (χ3v) is 3.45. The standard InChI is InChI=1S/C12H15NO3/c1-11(9-7-5-4-6-8-9)12(2,15)13(3)10(14)16-11/h4-8,15H,1-3H3/t11-,12-/m0/s1. The molecule has 1 N–H and O–H groups in total. The van der Waals surface area contributed by atoms with E-state index >= 15 is 0 Å². The quantitative estimate of drug-likeness (QED) is 0.785. The molecule has 1 aliphatic heterocycles. The highest BCUT2D eigenvalue weighted by molar-refractivity contribution is 5.72. The zero-order valence-corrected chi connectivity index (χ0v) is 9.60. The van der Waals surface area contributed by atoms with Crippen molar-refractivity contribution in [1.82, 2.24) is 4.90 Å². The van der Waals surface area contributed by atoms with E-state index in [9.17, 15) is 9.90 Å². The van der Waals surface area contributed by atoms with Gasteiger partial charge in [0.2, 0.25) is 0 Å². The molecule has 16 heavy (non-hydrogen) atoms. The van der Waals surface area contributed by atoms with Gasteiger partial charge in [-0.1, -0.05) is 30.3 Å². The summed E-state index contributed by atoms with van der Waals surface area (Å²) < 4.78 is 5.30. The minimum atomic E-state index is -1.36. The number of nitrogens with zero attached hydrogens (tertiary/aromatic N) is 1. The Morgan fingerprint density at radius 2 is 1.81 bits per heavy atom. The molecule has 2 rings (SSSR count). The lowest BCUT2D eigenvalue weighted by atomic mass is 9.86. The average Bonchev–Trinajstić information content (AvgIpc) is 2.42. The molecule has 0 aromatic heterocycles. The van der Waals surface area contributed by atoms with Crippen LogP contribution in [0, 0.1) is 0 Å². The summed E-state index contributed by atoms with van der Waals surface area (Å²) in [7, 11) is 1.52. The SMILES string of the molecule is CN1C(=O)O[C@@](C)(c2ccccc2)[C@]1(C)O. The van der Waals surface area contributed by atoms with Gasteiger partial charge in [0, 0.05) is 12.6 Å². The number of carbonyl (C=O) groups excluding carboxylic acids is 1. The van der Waals surface area contributed by atoms with E-state index in [1.807, 2.05) is 30.3 Å². The van der Waals surface area contributed by atoms with E-state index in [-0.39, 0.29) is 0 Å². The Hall–Kier alpha value is -1.55. The van der Waals surface area contributed by atoms with E-state index in [1.54, 1.807) is 13.8 Å². The Bertz CT molecular complexity index is 416. The predicted molar refractivity (Wildman–Crippen MR) is 58.7 cm³/mol. The van der Waals surface area contributed by atoms with Crippen LogP contribution >= 0.6 is 0 Å². The van der Waals surface area contributed by atoms with Crippen LogP contribution in [-0.2, 0) is 10.3 Å². The van der Waals surface area contributed by atoms with Crippen molar-refractivity contribution in [3.8, 4) is 0 Å². The molecule has 1 fully saturated rings. The number of aliphatic hydroxyl groups is 1. The van der Waals surface area contributed by atoms with Crippen molar-refractivity contribution >= 4 is 6.09 Å². The zero-order valence-electron chi connectivity index (χ0n) is 9.60. The first-order valence-corrected chi connectivity index (χ1v) is 5.14. The van der Waals surface area contributed by atoms with Gasteiger partial charge in [0.25, 0.3) is 0 Å². The molecule has 0 radical (unpaired) electrons. The maximum atomic E-state index is 11.5. The molecule has 0 aliphatic carbocycles. The van der Waals surface area contributed by atoms with Gasteiger partial charge >= 0.3 is 6.09 Å². The molecule has 0 saturated carbocycles. The lowest BCUT2D eigenvalue weighted by Crippen LogP contribution is -2.51.